The number of rotatable bonds is 4. The van der Waals surface area contributed by atoms with Crippen LogP contribution in [0, 0.1) is 6.92 Å². The monoisotopic (exact) mass is 321 g/mol. The normalized spacial score (nSPS) is 12.8. The van der Waals surface area contributed by atoms with E-state index in [9.17, 15) is 0 Å². The summed E-state index contributed by atoms with van der Waals surface area (Å²) in [7, 11) is 0. The number of halogens is 1. The van der Waals surface area contributed by atoms with Crippen molar-refractivity contribution in [1.29, 1.82) is 0 Å². The first kappa shape index (κ1) is 14.4. The number of aromatic nitrogens is 1. The molecule has 0 saturated carbocycles. The van der Waals surface area contributed by atoms with Crippen molar-refractivity contribution in [3.8, 4) is 0 Å². The van der Waals surface area contributed by atoms with Crippen LogP contribution in [0.1, 0.15) is 29.2 Å². The van der Waals surface area contributed by atoms with E-state index < -0.39 is 0 Å². The molecule has 3 N–H and O–H groups in total. The van der Waals surface area contributed by atoms with Crippen molar-refractivity contribution in [3.05, 3.63) is 45.8 Å². The summed E-state index contributed by atoms with van der Waals surface area (Å²) in [6, 6.07) is 5.63. The summed E-state index contributed by atoms with van der Waals surface area (Å²) < 4.78 is 6.42. The molecule has 0 aromatic carbocycles. The third-order valence-electron chi connectivity index (χ3n) is 3.33. The Morgan fingerprint density at radius 1 is 1.52 bits per heavy atom. The van der Waals surface area contributed by atoms with E-state index in [0.717, 1.165) is 32.1 Å². The Morgan fingerprint density at radius 3 is 3.00 bits per heavy atom. The van der Waals surface area contributed by atoms with E-state index in [-0.39, 0.29) is 6.04 Å². The van der Waals surface area contributed by atoms with E-state index in [1.165, 1.54) is 0 Å². The van der Waals surface area contributed by atoms with Gasteiger partial charge in [0, 0.05) is 17.0 Å². The summed E-state index contributed by atoms with van der Waals surface area (Å²) in [5, 5.41) is 3.84. The fraction of sp³-hybridized carbons (Fsp3) is 0.267. The zero-order valence-corrected chi connectivity index (χ0v) is 13.4. The Hall–Kier alpha value is -1.56. The first-order valence-corrected chi connectivity index (χ1v) is 7.87. The first-order chi connectivity index (χ1) is 10.1. The number of hydrogen-bond donors (Lipinski definition) is 2. The van der Waals surface area contributed by atoms with Gasteiger partial charge in [-0.05, 0) is 31.5 Å². The first-order valence-electron chi connectivity index (χ1n) is 6.67. The van der Waals surface area contributed by atoms with Gasteiger partial charge in [-0.2, -0.15) is 0 Å². The molecule has 0 aliphatic carbocycles. The van der Waals surface area contributed by atoms with Gasteiger partial charge in [0.1, 0.15) is 10.9 Å². The smallest absolute Gasteiger partial charge is 0.131 e. The van der Waals surface area contributed by atoms with Gasteiger partial charge in [0.15, 0.2) is 0 Å². The van der Waals surface area contributed by atoms with Crippen molar-refractivity contribution < 1.29 is 4.42 Å². The molecule has 0 radical (unpaired) electrons. The number of nitrogens with two attached hydrogens (primary N) is 1. The molecule has 110 valence electrons. The van der Waals surface area contributed by atoms with Gasteiger partial charge >= 0.3 is 0 Å². The molecule has 3 aromatic rings. The number of hydrogen-bond acceptors (Lipinski definition) is 5. The van der Waals surface area contributed by atoms with Gasteiger partial charge in [-0.15, -0.1) is 11.3 Å². The van der Waals surface area contributed by atoms with Gasteiger partial charge in [-0.25, -0.2) is 4.98 Å². The van der Waals surface area contributed by atoms with E-state index in [1.807, 2.05) is 32.0 Å². The van der Waals surface area contributed by atoms with Crippen LogP contribution in [0.25, 0.3) is 10.2 Å². The standard InChI is InChI=1S/C15H16ClN3OS/c1-8-13-15(21-14(8)9(2)17)11(6-12(16)19-13)18-7-10-4-3-5-20-10/h3-6,9H,7,17H2,1-2H3,(H,18,19)/t9-/m1/s1. The Morgan fingerprint density at radius 2 is 2.33 bits per heavy atom. The lowest BCUT2D eigenvalue weighted by atomic mass is 10.1. The molecule has 0 unspecified atom stereocenters. The minimum absolute atomic E-state index is 0.0131. The Kier molecular flexibility index (Phi) is 3.89. The fourth-order valence-electron chi connectivity index (χ4n) is 2.32. The maximum absolute atomic E-state index is 6.14. The zero-order valence-electron chi connectivity index (χ0n) is 11.8. The van der Waals surface area contributed by atoms with E-state index in [1.54, 1.807) is 17.6 Å². The number of furan rings is 1. The molecule has 0 spiro atoms. The number of aryl methyl sites for hydroxylation is 1. The molecule has 0 aliphatic rings. The highest BCUT2D eigenvalue weighted by Gasteiger charge is 2.16. The molecule has 6 heteroatoms. The third-order valence-corrected chi connectivity index (χ3v) is 5.03. The highest BCUT2D eigenvalue weighted by Crippen LogP contribution is 2.38. The maximum atomic E-state index is 6.14. The van der Waals surface area contributed by atoms with Crippen LogP contribution in [0.4, 0.5) is 5.69 Å². The molecule has 4 nitrogen and oxygen atoms in total. The molecule has 0 fully saturated rings. The molecule has 3 rings (SSSR count). The van der Waals surface area contributed by atoms with Crippen molar-refractivity contribution in [2.24, 2.45) is 5.73 Å². The number of nitrogens with zero attached hydrogens (tertiary/aromatic N) is 1. The van der Waals surface area contributed by atoms with Gasteiger partial charge in [0.25, 0.3) is 0 Å². The molecule has 1 atom stereocenters. The van der Waals surface area contributed by atoms with Crippen LogP contribution in [0.3, 0.4) is 0 Å². The molecule has 0 aliphatic heterocycles. The van der Waals surface area contributed by atoms with Crippen molar-refractivity contribution in [3.63, 3.8) is 0 Å². The molecule has 3 heterocycles. The quantitative estimate of drug-likeness (QED) is 0.695. The summed E-state index contributed by atoms with van der Waals surface area (Å²) in [5.41, 5.74) is 9.01. The molecular weight excluding hydrogens is 306 g/mol. The number of nitrogens with one attached hydrogen (secondary N) is 1. The molecule has 0 saturated heterocycles. The Labute approximate surface area is 131 Å². The summed E-state index contributed by atoms with van der Waals surface area (Å²) in [4.78, 5) is 5.58. The lowest BCUT2D eigenvalue weighted by Gasteiger charge is -2.06. The van der Waals surface area contributed by atoms with Crippen LogP contribution in [0.5, 0.6) is 0 Å². The van der Waals surface area contributed by atoms with Crippen LogP contribution in [-0.2, 0) is 6.54 Å². The minimum atomic E-state index is -0.0131. The van der Waals surface area contributed by atoms with Crippen LogP contribution in [0.2, 0.25) is 5.15 Å². The summed E-state index contributed by atoms with van der Waals surface area (Å²) in [6.45, 7) is 4.62. The van der Waals surface area contributed by atoms with Gasteiger partial charge in [-0.3, -0.25) is 0 Å². The SMILES string of the molecule is Cc1c([C@@H](C)N)sc2c(NCc3ccco3)cc(Cl)nc12. The van der Waals surface area contributed by atoms with E-state index in [2.05, 4.69) is 10.3 Å². The van der Waals surface area contributed by atoms with Crippen LogP contribution < -0.4 is 11.1 Å². The van der Waals surface area contributed by atoms with Crippen molar-refractivity contribution in [2.45, 2.75) is 26.4 Å². The van der Waals surface area contributed by atoms with Crippen LogP contribution in [-0.4, -0.2) is 4.98 Å². The second kappa shape index (κ2) is 5.67. The average molecular weight is 322 g/mol. The highest BCUT2D eigenvalue weighted by atomic mass is 35.5. The van der Waals surface area contributed by atoms with Crippen LogP contribution in [0.15, 0.2) is 28.9 Å². The lowest BCUT2D eigenvalue weighted by molar-refractivity contribution is 0.518. The number of thiophene rings is 1. The molecule has 21 heavy (non-hydrogen) atoms. The molecular formula is C15H16ClN3OS. The topological polar surface area (TPSA) is 64.1 Å². The zero-order chi connectivity index (χ0) is 15.0. The Balaban J connectivity index is 2.02. The minimum Gasteiger partial charge on any atom is -0.467 e. The van der Waals surface area contributed by atoms with E-state index in [4.69, 9.17) is 21.8 Å². The summed E-state index contributed by atoms with van der Waals surface area (Å²) in [6.07, 6.45) is 1.66. The fourth-order valence-corrected chi connectivity index (χ4v) is 3.71. The van der Waals surface area contributed by atoms with Gasteiger partial charge in [0.05, 0.1) is 28.7 Å². The lowest BCUT2D eigenvalue weighted by Crippen LogP contribution is -2.03. The van der Waals surface area contributed by atoms with E-state index in [0.29, 0.717) is 11.7 Å². The highest BCUT2D eigenvalue weighted by molar-refractivity contribution is 7.20. The predicted molar refractivity (Wildman–Crippen MR) is 88.0 cm³/mol. The number of pyridine rings is 1. The van der Waals surface area contributed by atoms with Crippen molar-refractivity contribution in [2.75, 3.05) is 5.32 Å². The summed E-state index contributed by atoms with van der Waals surface area (Å²) in [5.74, 6) is 0.872. The van der Waals surface area contributed by atoms with Crippen molar-refractivity contribution in [1.82, 2.24) is 4.98 Å². The maximum Gasteiger partial charge on any atom is 0.131 e. The second-order valence-corrected chi connectivity index (χ2v) is 6.42. The predicted octanol–water partition coefficient (Wildman–Crippen LogP) is 4.48. The van der Waals surface area contributed by atoms with Crippen LogP contribution >= 0.6 is 22.9 Å². The van der Waals surface area contributed by atoms with Crippen molar-refractivity contribution >= 4 is 38.8 Å². The number of fused-ring (bicyclic) bond motifs is 1. The van der Waals surface area contributed by atoms with Gasteiger partial charge in [0.2, 0.25) is 0 Å². The second-order valence-electron chi connectivity index (χ2n) is 4.98. The third kappa shape index (κ3) is 2.77. The summed E-state index contributed by atoms with van der Waals surface area (Å²) >= 11 is 7.81. The molecule has 0 bridgehead atoms. The number of anilines is 1. The van der Waals surface area contributed by atoms with Gasteiger partial charge < -0.3 is 15.5 Å². The van der Waals surface area contributed by atoms with E-state index >= 15 is 0 Å². The Bertz CT molecular complexity index is 765. The molecule has 0 amide bonds. The average Bonchev–Trinajstić information content (AvgIpc) is 3.05. The largest absolute Gasteiger partial charge is 0.467 e. The molecule has 3 aromatic heterocycles. The van der Waals surface area contributed by atoms with Gasteiger partial charge in [-0.1, -0.05) is 11.6 Å².